The number of carbonyl (C=O) groups is 2. The highest BCUT2D eigenvalue weighted by atomic mass is 16.6. The standard InChI is InChI=1S/C26H30O7/c1-26(2,25(28)32-13-16-6-5-7-16)15-33-22-19(10-11-21(29-3)23(22)30-4)17-8-9-20-18(12-17)14-31-24(20)27/h8-12,16H,5-7,13-15H2,1-4H3. The van der Waals surface area contributed by atoms with E-state index in [1.165, 1.54) is 6.42 Å². The zero-order valence-corrected chi connectivity index (χ0v) is 19.6. The molecule has 2 aliphatic rings. The second-order valence-corrected chi connectivity index (χ2v) is 9.19. The van der Waals surface area contributed by atoms with Crippen molar-refractivity contribution in [3.05, 3.63) is 41.5 Å². The van der Waals surface area contributed by atoms with Gasteiger partial charge in [-0.1, -0.05) is 12.5 Å². The molecule has 0 radical (unpaired) electrons. The molecule has 2 aromatic carbocycles. The Kier molecular flexibility index (Phi) is 6.49. The molecule has 0 amide bonds. The van der Waals surface area contributed by atoms with Gasteiger partial charge in [0.15, 0.2) is 11.5 Å². The van der Waals surface area contributed by atoms with Gasteiger partial charge in [-0.2, -0.15) is 0 Å². The van der Waals surface area contributed by atoms with Crippen molar-refractivity contribution in [1.29, 1.82) is 0 Å². The van der Waals surface area contributed by atoms with Crippen molar-refractivity contribution in [2.45, 2.75) is 39.7 Å². The maximum absolute atomic E-state index is 12.7. The lowest BCUT2D eigenvalue weighted by Crippen LogP contribution is -2.34. The Labute approximate surface area is 193 Å². The van der Waals surface area contributed by atoms with E-state index in [1.54, 1.807) is 40.2 Å². The van der Waals surface area contributed by atoms with Gasteiger partial charge in [0.1, 0.15) is 13.2 Å². The van der Waals surface area contributed by atoms with E-state index in [1.807, 2.05) is 18.2 Å². The van der Waals surface area contributed by atoms with Crippen LogP contribution in [0.1, 0.15) is 49.0 Å². The molecule has 7 nitrogen and oxygen atoms in total. The lowest BCUT2D eigenvalue weighted by molar-refractivity contribution is -0.157. The molecular formula is C26H30O7. The number of cyclic esters (lactones) is 1. The largest absolute Gasteiger partial charge is 0.493 e. The number of hydrogen-bond donors (Lipinski definition) is 0. The topological polar surface area (TPSA) is 80.3 Å². The molecule has 1 fully saturated rings. The van der Waals surface area contributed by atoms with Gasteiger partial charge in [-0.3, -0.25) is 4.79 Å². The monoisotopic (exact) mass is 454 g/mol. The first-order chi connectivity index (χ1) is 15.8. The third-order valence-electron chi connectivity index (χ3n) is 6.30. The second-order valence-electron chi connectivity index (χ2n) is 9.19. The predicted octanol–water partition coefficient (Wildman–Crippen LogP) is 4.79. The molecular weight excluding hydrogens is 424 g/mol. The maximum Gasteiger partial charge on any atom is 0.338 e. The van der Waals surface area contributed by atoms with Gasteiger partial charge in [0.2, 0.25) is 5.75 Å². The van der Waals surface area contributed by atoms with Crippen molar-refractivity contribution in [2.75, 3.05) is 27.4 Å². The van der Waals surface area contributed by atoms with Crippen molar-refractivity contribution in [1.82, 2.24) is 0 Å². The van der Waals surface area contributed by atoms with Gasteiger partial charge in [0, 0.05) is 11.1 Å². The summed E-state index contributed by atoms with van der Waals surface area (Å²) >= 11 is 0. The van der Waals surface area contributed by atoms with Crippen LogP contribution >= 0.6 is 0 Å². The van der Waals surface area contributed by atoms with Crippen LogP contribution in [0.2, 0.25) is 0 Å². The third-order valence-corrected chi connectivity index (χ3v) is 6.30. The molecule has 1 heterocycles. The Morgan fingerprint density at radius 2 is 1.82 bits per heavy atom. The summed E-state index contributed by atoms with van der Waals surface area (Å²) < 4.78 is 28.0. The minimum absolute atomic E-state index is 0.0968. The van der Waals surface area contributed by atoms with Crippen LogP contribution < -0.4 is 14.2 Å². The first kappa shape index (κ1) is 23.0. The fourth-order valence-electron chi connectivity index (χ4n) is 3.93. The van der Waals surface area contributed by atoms with Crippen molar-refractivity contribution >= 4 is 11.9 Å². The summed E-state index contributed by atoms with van der Waals surface area (Å²) in [6, 6.07) is 9.18. The maximum atomic E-state index is 12.7. The Bertz CT molecular complexity index is 1050. The van der Waals surface area contributed by atoms with E-state index in [-0.39, 0.29) is 25.2 Å². The molecule has 1 aliphatic carbocycles. The molecule has 0 saturated heterocycles. The van der Waals surface area contributed by atoms with Crippen LogP contribution in [-0.4, -0.2) is 39.4 Å². The van der Waals surface area contributed by atoms with Gasteiger partial charge in [-0.15, -0.1) is 0 Å². The number of rotatable bonds is 9. The van der Waals surface area contributed by atoms with E-state index < -0.39 is 5.41 Å². The highest BCUT2D eigenvalue weighted by Gasteiger charge is 2.33. The number of fused-ring (bicyclic) bond motifs is 1. The summed E-state index contributed by atoms with van der Waals surface area (Å²) in [5.74, 6) is 1.28. The van der Waals surface area contributed by atoms with Crippen molar-refractivity contribution < 1.29 is 33.3 Å². The minimum atomic E-state index is -0.854. The normalized spacial score (nSPS) is 15.3. The zero-order chi connectivity index (χ0) is 23.6. The molecule has 7 heteroatoms. The molecule has 0 unspecified atom stereocenters. The zero-order valence-electron chi connectivity index (χ0n) is 19.6. The average Bonchev–Trinajstić information content (AvgIpc) is 3.15. The van der Waals surface area contributed by atoms with Crippen LogP contribution in [0.15, 0.2) is 30.3 Å². The number of benzene rings is 2. The summed E-state index contributed by atoms with van der Waals surface area (Å²) in [5.41, 5.74) is 2.13. The van der Waals surface area contributed by atoms with Gasteiger partial charge >= 0.3 is 11.9 Å². The van der Waals surface area contributed by atoms with Crippen LogP contribution in [-0.2, 0) is 20.9 Å². The lowest BCUT2D eigenvalue weighted by Gasteiger charge is -2.28. The smallest absolute Gasteiger partial charge is 0.338 e. The van der Waals surface area contributed by atoms with Crippen LogP contribution in [0, 0.1) is 11.3 Å². The fourth-order valence-corrected chi connectivity index (χ4v) is 3.93. The minimum Gasteiger partial charge on any atom is -0.493 e. The molecule has 0 atom stereocenters. The SMILES string of the molecule is COc1ccc(-c2ccc3c(c2)COC3=O)c(OCC(C)(C)C(=O)OCC2CCC2)c1OC. The number of esters is 2. The molecule has 1 aliphatic heterocycles. The van der Waals surface area contributed by atoms with Gasteiger partial charge in [0.25, 0.3) is 0 Å². The van der Waals surface area contributed by atoms with Gasteiger partial charge in [-0.05, 0) is 62.4 Å². The van der Waals surface area contributed by atoms with E-state index in [4.69, 9.17) is 23.7 Å². The third kappa shape index (κ3) is 4.63. The Morgan fingerprint density at radius 1 is 1.06 bits per heavy atom. The van der Waals surface area contributed by atoms with Gasteiger partial charge in [0.05, 0.1) is 31.8 Å². The van der Waals surface area contributed by atoms with E-state index in [9.17, 15) is 9.59 Å². The summed E-state index contributed by atoms with van der Waals surface area (Å²) in [7, 11) is 3.10. The highest BCUT2D eigenvalue weighted by Crippen LogP contribution is 2.45. The molecule has 176 valence electrons. The first-order valence-corrected chi connectivity index (χ1v) is 11.2. The van der Waals surface area contributed by atoms with Crippen LogP contribution in [0.5, 0.6) is 17.2 Å². The average molecular weight is 455 g/mol. The van der Waals surface area contributed by atoms with E-state index in [0.29, 0.717) is 35.3 Å². The van der Waals surface area contributed by atoms with Gasteiger partial charge < -0.3 is 23.7 Å². The summed E-state index contributed by atoms with van der Waals surface area (Å²) in [5, 5.41) is 0. The number of methoxy groups -OCH3 is 2. The molecule has 0 spiro atoms. The Hall–Kier alpha value is -3.22. The summed E-state index contributed by atoms with van der Waals surface area (Å²) in [4.78, 5) is 24.5. The quantitative estimate of drug-likeness (QED) is 0.504. The van der Waals surface area contributed by atoms with Gasteiger partial charge in [-0.25, -0.2) is 4.79 Å². The molecule has 0 N–H and O–H groups in total. The van der Waals surface area contributed by atoms with E-state index >= 15 is 0 Å². The summed E-state index contributed by atoms with van der Waals surface area (Å²) in [6.45, 7) is 4.42. The lowest BCUT2D eigenvalue weighted by atomic mass is 9.86. The van der Waals surface area contributed by atoms with Crippen molar-refractivity contribution in [3.8, 4) is 28.4 Å². The Morgan fingerprint density at radius 3 is 2.48 bits per heavy atom. The van der Waals surface area contributed by atoms with Crippen LogP contribution in [0.4, 0.5) is 0 Å². The Balaban J connectivity index is 1.60. The van der Waals surface area contributed by atoms with E-state index in [2.05, 4.69) is 0 Å². The van der Waals surface area contributed by atoms with Crippen molar-refractivity contribution in [2.24, 2.45) is 11.3 Å². The van der Waals surface area contributed by atoms with E-state index in [0.717, 1.165) is 29.5 Å². The predicted molar refractivity (Wildman–Crippen MR) is 122 cm³/mol. The first-order valence-electron chi connectivity index (χ1n) is 11.2. The molecule has 0 aromatic heterocycles. The molecule has 1 saturated carbocycles. The van der Waals surface area contributed by atoms with Crippen molar-refractivity contribution in [3.63, 3.8) is 0 Å². The molecule has 33 heavy (non-hydrogen) atoms. The summed E-state index contributed by atoms with van der Waals surface area (Å²) in [6.07, 6.45) is 3.44. The number of ether oxygens (including phenoxy) is 5. The fraction of sp³-hybridized carbons (Fsp3) is 0.462. The highest BCUT2D eigenvalue weighted by molar-refractivity contribution is 5.94. The molecule has 4 rings (SSSR count). The second kappa shape index (κ2) is 9.33. The molecule has 0 bridgehead atoms. The number of carbonyl (C=O) groups excluding carboxylic acids is 2. The van der Waals surface area contributed by atoms with Crippen LogP contribution in [0.25, 0.3) is 11.1 Å². The molecule has 2 aromatic rings. The number of hydrogen-bond acceptors (Lipinski definition) is 7. The van der Waals surface area contributed by atoms with Crippen LogP contribution in [0.3, 0.4) is 0 Å².